The molecule has 0 spiro atoms. The minimum absolute atomic E-state index is 0.198. The zero-order valence-electron chi connectivity index (χ0n) is 12.4. The monoisotopic (exact) mass is 316 g/mol. The van der Waals surface area contributed by atoms with E-state index in [0.29, 0.717) is 17.4 Å². The molecule has 1 aromatic heterocycles. The smallest absolute Gasteiger partial charge is 0.244 e. The molecule has 0 atom stereocenters. The Bertz CT molecular complexity index is 560. The fourth-order valence-corrected chi connectivity index (χ4v) is 5.70. The maximum Gasteiger partial charge on any atom is 0.244 e. The first kappa shape index (κ1) is 15.9. The lowest BCUT2D eigenvalue weighted by Crippen LogP contribution is -2.35. The SMILES string of the molecule is Cc1csc(CN)c1S(=O)(=O)N(CCC(C)C)C1CC1. The zero-order valence-corrected chi connectivity index (χ0v) is 14.1. The Morgan fingerprint density at radius 1 is 1.45 bits per heavy atom. The van der Waals surface area contributed by atoms with Crippen LogP contribution in [0.15, 0.2) is 10.3 Å². The van der Waals surface area contributed by atoms with Crippen LogP contribution in [0.3, 0.4) is 0 Å². The van der Waals surface area contributed by atoms with E-state index in [-0.39, 0.29) is 12.6 Å². The predicted octanol–water partition coefficient (Wildman–Crippen LogP) is 2.71. The molecular weight excluding hydrogens is 292 g/mol. The van der Waals surface area contributed by atoms with Crippen molar-refractivity contribution >= 4 is 21.4 Å². The molecular formula is C14H24N2O2S2. The molecule has 0 amide bonds. The third-order valence-corrected chi connectivity index (χ3v) is 7.06. The summed E-state index contributed by atoms with van der Waals surface area (Å²) < 4.78 is 27.6. The molecule has 0 aliphatic heterocycles. The van der Waals surface area contributed by atoms with Crippen LogP contribution in [0.25, 0.3) is 0 Å². The first-order valence-electron chi connectivity index (χ1n) is 7.16. The molecule has 20 heavy (non-hydrogen) atoms. The van der Waals surface area contributed by atoms with Gasteiger partial charge in [-0.15, -0.1) is 11.3 Å². The van der Waals surface area contributed by atoms with Gasteiger partial charge in [0.2, 0.25) is 10.0 Å². The zero-order chi connectivity index (χ0) is 14.9. The van der Waals surface area contributed by atoms with Crippen molar-refractivity contribution < 1.29 is 8.42 Å². The van der Waals surface area contributed by atoms with Crippen molar-refractivity contribution in [1.82, 2.24) is 4.31 Å². The van der Waals surface area contributed by atoms with E-state index in [2.05, 4.69) is 13.8 Å². The van der Waals surface area contributed by atoms with Gasteiger partial charge < -0.3 is 5.73 Å². The largest absolute Gasteiger partial charge is 0.326 e. The van der Waals surface area contributed by atoms with E-state index in [0.717, 1.165) is 29.7 Å². The lowest BCUT2D eigenvalue weighted by molar-refractivity contribution is 0.373. The Morgan fingerprint density at radius 3 is 2.60 bits per heavy atom. The molecule has 1 fully saturated rings. The molecule has 1 aliphatic rings. The number of hydrogen-bond acceptors (Lipinski definition) is 4. The second-order valence-electron chi connectivity index (χ2n) is 5.90. The fraction of sp³-hybridized carbons (Fsp3) is 0.714. The third-order valence-electron chi connectivity index (χ3n) is 3.62. The molecule has 1 heterocycles. The Hall–Kier alpha value is -0.430. The summed E-state index contributed by atoms with van der Waals surface area (Å²) in [6, 6.07) is 0.198. The Balaban J connectivity index is 2.32. The standard InChI is InChI=1S/C14H24N2O2S2/c1-10(2)6-7-16(12-4-5-12)20(17,18)14-11(3)9-19-13(14)8-15/h9-10,12H,4-8,15H2,1-3H3. The summed E-state index contributed by atoms with van der Waals surface area (Å²) in [6.45, 7) is 7.01. The van der Waals surface area contributed by atoms with Crippen molar-refractivity contribution in [2.24, 2.45) is 11.7 Å². The maximum atomic E-state index is 13.0. The summed E-state index contributed by atoms with van der Waals surface area (Å²) in [7, 11) is -3.40. The predicted molar refractivity (Wildman–Crippen MR) is 83.3 cm³/mol. The van der Waals surface area contributed by atoms with Crippen LogP contribution >= 0.6 is 11.3 Å². The summed E-state index contributed by atoms with van der Waals surface area (Å²) in [5.41, 5.74) is 6.53. The first-order chi connectivity index (χ1) is 9.37. The number of thiophene rings is 1. The van der Waals surface area contributed by atoms with Crippen LogP contribution in [0, 0.1) is 12.8 Å². The number of rotatable bonds is 7. The highest BCUT2D eigenvalue weighted by molar-refractivity contribution is 7.89. The van der Waals surface area contributed by atoms with Crippen LogP contribution in [0.1, 0.15) is 43.6 Å². The topological polar surface area (TPSA) is 63.4 Å². The highest BCUT2D eigenvalue weighted by Crippen LogP contribution is 2.36. The van der Waals surface area contributed by atoms with Gasteiger partial charge >= 0.3 is 0 Å². The van der Waals surface area contributed by atoms with Gasteiger partial charge in [0.15, 0.2) is 0 Å². The van der Waals surface area contributed by atoms with Crippen molar-refractivity contribution in [3.05, 3.63) is 15.8 Å². The first-order valence-corrected chi connectivity index (χ1v) is 9.48. The van der Waals surface area contributed by atoms with Gasteiger partial charge in [-0.05, 0) is 43.0 Å². The van der Waals surface area contributed by atoms with E-state index in [4.69, 9.17) is 5.73 Å². The summed E-state index contributed by atoms with van der Waals surface area (Å²) in [6.07, 6.45) is 2.87. The van der Waals surface area contributed by atoms with E-state index in [1.807, 2.05) is 12.3 Å². The molecule has 0 bridgehead atoms. The summed E-state index contributed by atoms with van der Waals surface area (Å²) in [5, 5.41) is 1.89. The summed E-state index contributed by atoms with van der Waals surface area (Å²) in [5.74, 6) is 0.504. The lowest BCUT2D eigenvalue weighted by atomic mass is 10.1. The molecule has 0 unspecified atom stereocenters. The van der Waals surface area contributed by atoms with Gasteiger partial charge in [-0.2, -0.15) is 4.31 Å². The lowest BCUT2D eigenvalue weighted by Gasteiger charge is -2.23. The van der Waals surface area contributed by atoms with Crippen LogP contribution in [-0.4, -0.2) is 25.3 Å². The van der Waals surface area contributed by atoms with Crippen LogP contribution in [0.5, 0.6) is 0 Å². The maximum absolute atomic E-state index is 13.0. The van der Waals surface area contributed by atoms with Crippen LogP contribution < -0.4 is 5.73 Å². The van der Waals surface area contributed by atoms with Crippen molar-refractivity contribution in [3.8, 4) is 0 Å². The number of aryl methyl sites for hydroxylation is 1. The molecule has 6 heteroatoms. The van der Waals surface area contributed by atoms with Gasteiger partial charge in [0.05, 0.1) is 0 Å². The van der Waals surface area contributed by atoms with E-state index in [9.17, 15) is 8.42 Å². The number of hydrogen-bond donors (Lipinski definition) is 1. The van der Waals surface area contributed by atoms with E-state index >= 15 is 0 Å². The van der Waals surface area contributed by atoms with Gasteiger partial charge in [-0.3, -0.25) is 0 Å². The molecule has 4 nitrogen and oxygen atoms in total. The highest BCUT2D eigenvalue weighted by Gasteiger charge is 2.39. The number of sulfonamides is 1. The molecule has 114 valence electrons. The molecule has 0 radical (unpaired) electrons. The highest BCUT2D eigenvalue weighted by atomic mass is 32.2. The van der Waals surface area contributed by atoms with E-state index in [1.165, 1.54) is 11.3 Å². The minimum Gasteiger partial charge on any atom is -0.326 e. The van der Waals surface area contributed by atoms with Gasteiger partial charge in [-0.1, -0.05) is 13.8 Å². The molecule has 0 aromatic carbocycles. The number of nitrogens with two attached hydrogens (primary N) is 1. The molecule has 2 N–H and O–H groups in total. The number of nitrogens with zero attached hydrogens (tertiary/aromatic N) is 1. The summed E-state index contributed by atoms with van der Waals surface area (Å²) >= 11 is 1.45. The molecule has 0 saturated heterocycles. The van der Waals surface area contributed by atoms with E-state index < -0.39 is 10.0 Å². The van der Waals surface area contributed by atoms with Gasteiger partial charge in [-0.25, -0.2) is 8.42 Å². The van der Waals surface area contributed by atoms with Crippen molar-refractivity contribution in [2.45, 2.75) is 57.5 Å². The second kappa shape index (κ2) is 6.13. The quantitative estimate of drug-likeness (QED) is 0.841. The summed E-state index contributed by atoms with van der Waals surface area (Å²) in [4.78, 5) is 1.23. The van der Waals surface area contributed by atoms with Crippen molar-refractivity contribution in [2.75, 3.05) is 6.54 Å². The van der Waals surface area contributed by atoms with Crippen LogP contribution in [0.2, 0.25) is 0 Å². The molecule has 1 saturated carbocycles. The average molecular weight is 316 g/mol. The Kier molecular flexibility index (Phi) is 4.89. The average Bonchev–Trinajstić information content (AvgIpc) is 3.10. The van der Waals surface area contributed by atoms with Gasteiger partial charge in [0.25, 0.3) is 0 Å². The van der Waals surface area contributed by atoms with Gasteiger partial charge in [0.1, 0.15) is 4.90 Å². The van der Waals surface area contributed by atoms with Crippen LogP contribution in [-0.2, 0) is 16.6 Å². The molecule has 1 aromatic rings. The van der Waals surface area contributed by atoms with Crippen LogP contribution in [0.4, 0.5) is 0 Å². The molecule has 2 rings (SSSR count). The third kappa shape index (κ3) is 3.24. The molecule has 1 aliphatic carbocycles. The Labute approximate surface area is 126 Å². The normalized spacial score (nSPS) is 16.3. The minimum atomic E-state index is -3.40. The van der Waals surface area contributed by atoms with Crippen molar-refractivity contribution in [3.63, 3.8) is 0 Å². The second-order valence-corrected chi connectivity index (χ2v) is 8.70. The van der Waals surface area contributed by atoms with Gasteiger partial charge in [0, 0.05) is 24.0 Å². The fourth-order valence-electron chi connectivity index (χ4n) is 2.34. The van der Waals surface area contributed by atoms with Crippen molar-refractivity contribution in [1.29, 1.82) is 0 Å². The van der Waals surface area contributed by atoms with E-state index in [1.54, 1.807) is 4.31 Å². The Morgan fingerprint density at radius 2 is 2.10 bits per heavy atom.